The van der Waals surface area contributed by atoms with E-state index in [0.29, 0.717) is 0 Å². The molecule has 0 spiro atoms. The maximum Gasteiger partial charge on any atom is 0.136 e. The number of anilines is 1. The molecule has 0 unspecified atom stereocenters. The van der Waals surface area contributed by atoms with E-state index in [0.717, 1.165) is 25.3 Å². The van der Waals surface area contributed by atoms with Crippen molar-refractivity contribution in [2.45, 2.75) is 46.2 Å². The lowest BCUT2D eigenvalue weighted by atomic mass is 9.98. The molecule has 0 radical (unpaired) electrons. The van der Waals surface area contributed by atoms with E-state index in [2.05, 4.69) is 69.2 Å². The molecule has 0 atom stereocenters. The van der Waals surface area contributed by atoms with Crippen molar-refractivity contribution >= 4 is 16.6 Å². The first-order valence-corrected chi connectivity index (χ1v) is 7.82. The molecule has 0 aliphatic heterocycles. The highest BCUT2D eigenvalue weighted by molar-refractivity contribution is 5.94. The third-order valence-electron chi connectivity index (χ3n) is 4.51. The highest BCUT2D eigenvalue weighted by atomic mass is 15.2. The van der Waals surface area contributed by atoms with Crippen LogP contribution in [0.15, 0.2) is 30.5 Å². The summed E-state index contributed by atoms with van der Waals surface area (Å²) in [5.41, 5.74) is 1.36. The molecule has 1 aromatic heterocycles. The molecule has 0 fully saturated rings. The summed E-state index contributed by atoms with van der Waals surface area (Å²) < 4.78 is 0. The number of nitrogens with zero attached hydrogens (tertiary/aromatic N) is 2. The average molecular weight is 285 g/mol. The number of fused-ring (bicyclic) bond motifs is 1. The first-order valence-electron chi connectivity index (χ1n) is 7.82. The topological polar surface area (TPSA) is 28.2 Å². The number of hydrogen-bond acceptors (Lipinski definition) is 3. The predicted octanol–water partition coefficient (Wildman–Crippen LogP) is 3.97. The number of pyridine rings is 1. The van der Waals surface area contributed by atoms with Crippen LogP contribution in [0.5, 0.6) is 0 Å². The number of benzene rings is 1. The third kappa shape index (κ3) is 3.18. The van der Waals surface area contributed by atoms with Gasteiger partial charge in [0.1, 0.15) is 5.82 Å². The highest BCUT2D eigenvalue weighted by Crippen LogP contribution is 2.31. The molecule has 0 aliphatic rings. The molecular weight excluding hydrogens is 258 g/mol. The monoisotopic (exact) mass is 285 g/mol. The molecule has 1 heterocycles. The van der Waals surface area contributed by atoms with Crippen LogP contribution in [0.1, 0.15) is 39.7 Å². The van der Waals surface area contributed by atoms with E-state index >= 15 is 0 Å². The van der Waals surface area contributed by atoms with Crippen molar-refractivity contribution in [1.29, 1.82) is 0 Å². The van der Waals surface area contributed by atoms with E-state index in [1.54, 1.807) is 0 Å². The van der Waals surface area contributed by atoms with E-state index in [-0.39, 0.29) is 5.54 Å². The molecule has 0 aliphatic carbocycles. The van der Waals surface area contributed by atoms with Gasteiger partial charge in [-0.1, -0.05) is 38.1 Å². The van der Waals surface area contributed by atoms with E-state index in [4.69, 9.17) is 4.98 Å². The summed E-state index contributed by atoms with van der Waals surface area (Å²) in [5.74, 6) is 1.07. The fourth-order valence-electron chi connectivity index (χ4n) is 2.43. The zero-order chi connectivity index (χ0) is 15.5. The lowest BCUT2D eigenvalue weighted by molar-refractivity contribution is 0.468. The van der Waals surface area contributed by atoms with Gasteiger partial charge in [0.2, 0.25) is 0 Å². The normalized spacial score (nSPS) is 11.9. The van der Waals surface area contributed by atoms with Crippen LogP contribution < -0.4 is 10.2 Å². The maximum atomic E-state index is 4.76. The van der Waals surface area contributed by atoms with E-state index in [1.807, 2.05) is 6.20 Å². The molecule has 0 saturated heterocycles. The summed E-state index contributed by atoms with van der Waals surface area (Å²) in [6, 6.07) is 8.57. The Morgan fingerprint density at radius 2 is 1.81 bits per heavy atom. The SMILES string of the molecule is CCNCc1cnc(N(C)C(C)(C)CC)c2ccccc12. The number of rotatable bonds is 6. The zero-order valence-electron chi connectivity index (χ0n) is 13.9. The molecule has 1 aromatic carbocycles. The van der Waals surface area contributed by atoms with Crippen LogP contribution in [0.2, 0.25) is 0 Å². The van der Waals surface area contributed by atoms with Gasteiger partial charge < -0.3 is 10.2 Å². The summed E-state index contributed by atoms with van der Waals surface area (Å²) in [6.45, 7) is 10.7. The fourth-order valence-corrected chi connectivity index (χ4v) is 2.43. The van der Waals surface area contributed by atoms with Gasteiger partial charge in [-0.25, -0.2) is 4.98 Å². The second-order valence-electron chi connectivity index (χ2n) is 6.16. The standard InChI is InChI=1S/C18H27N3/c1-6-18(3,4)21(5)17-16-11-9-8-10-15(16)14(13-20-17)12-19-7-2/h8-11,13,19H,6-7,12H2,1-5H3. The van der Waals surface area contributed by atoms with Gasteiger partial charge in [0, 0.05) is 30.7 Å². The van der Waals surface area contributed by atoms with Crippen LogP contribution in [0, 0.1) is 0 Å². The van der Waals surface area contributed by atoms with Gasteiger partial charge in [-0.3, -0.25) is 0 Å². The molecule has 0 bridgehead atoms. The van der Waals surface area contributed by atoms with Crippen LogP contribution in [-0.4, -0.2) is 24.1 Å². The molecule has 0 saturated carbocycles. The number of hydrogen-bond donors (Lipinski definition) is 1. The smallest absolute Gasteiger partial charge is 0.136 e. The number of nitrogens with one attached hydrogen (secondary N) is 1. The Kier molecular flexibility index (Phi) is 4.84. The van der Waals surface area contributed by atoms with Crippen LogP contribution >= 0.6 is 0 Å². The predicted molar refractivity (Wildman–Crippen MR) is 91.9 cm³/mol. The number of aromatic nitrogens is 1. The van der Waals surface area contributed by atoms with Gasteiger partial charge >= 0.3 is 0 Å². The van der Waals surface area contributed by atoms with Gasteiger partial charge in [0.05, 0.1) is 0 Å². The van der Waals surface area contributed by atoms with Gasteiger partial charge in [0.25, 0.3) is 0 Å². The average Bonchev–Trinajstić information content (AvgIpc) is 2.51. The second kappa shape index (κ2) is 6.44. The second-order valence-corrected chi connectivity index (χ2v) is 6.16. The van der Waals surface area contributed by atoms with Crippen LogP contribution in [0.25, 0.3) is 10.8 Å². The largest absolute Gasteiger partial charge is 0.354 e. The van der Waals surface area contributed by atoms with Crippen molar-refractivity contribution in [2.24, 2.45) is 0 Å². The van der Waals surface area contributed by atoms with Crippen molar-refractivity contribution in [3.05, 3.63) is 36.0 Å². The Labute approximate surface area is 128 Å². The molecular formula is C18H27N3. The quantitative estimate of drug-likeness (QED) is 0.870. The minimum absolute atomic E-state index is 0.0962. The minimum atomic E-state index is 0.0962. The summed E-state index contributed by atoms with van der Waals surface area (Å²) in [4.78, 5) is 7.06. The lowest BCUT2D eigenvalue weighted by Gasteiger charge is -2.36. The Balaban J connectivity index is 2.52. The van der Waals surface area contributed by atoms with Crippen molar-refractivity contribution in [1.82, 2.24) is 10.3 Å². The van der Waals surface area contributed by atoms with E-state index < -0.39 is 0 Å². The molecule has 1 N–H and O–H groups in total. The van der Waals surface area contributed by atoms with Crippen molar-refractivity contribution in [2.75, 3.05) is 18.5 Å². The molecule has 3 nitrogen and oxygen atoms in total. The molecule has 0 amide bonds. The van der Waals surface area contributed by atoms with Crippen LogP contribution in [-0.2, 0) is 6.54 Å². The molecule has 2 rings (SSSR count). The Hall–Kier alpha value is -1.61. The van der Waals surface area contributed by atoms with Gasteiger partial charge in [-0.15, -0.1) is 0 Å². The molecule has 114 valence electrons. The Morgan fingerprint density at radius 3 is 2.43 bits per heavy atom. The van der Waals surface area contributed by atoms with E-state index in [1.165, 1.54) is 16.3 Å². The van der Waals surface area contributed by atoms with Gasteiger partial charge in [-0.05, 0) is 37.8 Å². The minimum Gasteiger partial charge on any atom is -0.354 e. The molecule has 2 aromatic rings. The Bertz CT molecular complexity index is 604. The molecule has 21 heavy (non-hydrogen) atoms. The van der Waals surface area contributed by atoms with Gasteiger partial charge in [-0.2, -0.15) is 0 Å². The highest BCUT2D eigenvalue weighted by Gasteiger charge is 2.24. The van der Waals surface area contributed by atoms with Crippen molar-refractivity contribution in [3.8, 4) is 0 Å². The van der Waals surface area contributed by atoms with Crippen LogP contribution in [0.3, 0.4) is 0 Å². The van der Waals surface area contributed by atoms with Gasteiger partial charge in [0.15, 0.2) is 0 Å². The third-order valence-corrected chi connectivity index (χ3v) is 4.51. The maximum absolute atomic E-state index is 4.76. The Morgan fingerprint density at radius 1 is 1.14 bits per heavy atom. The summed E-state index contributed by atoms with van der Waals surface area (Å²) in [6.07, 6.45) is 3.10. The summed E-state index contributed by atoms with van der Waals surface area (Å²) in [5, 5.41) is 5.92. The first kappa shape index (κ1) is 15.8. The van der Waals surface area contributed by atoms with Crippen molar-refractivity contribution in [3.63, 3.8) is 0 Å². The lowest BCUT2D eigenvalue weighted by Crippen LogP contribution is -2.41. The zero-order valence-corrected chi connectivity index (χ0v) is 13.9. The first-order chi connectivity index (χ1) is 10.0. The fraction of sp³-hybridized carbons (Fsp3) is 0.500. The molecule has 3 heteroatoms. The van der Waals surface area contributed by atoms with E-state index in [9.17, 15) is 0 Å². The summed E-state index contributed by atoms with van der Waals surface area (Å²) >= 11 is 0. The van der Waals surface area contributed by atoms with Crippen LogP contribution in [0.4, 0.5) is 5.82 Å². The van der Waals surface area contributed by atoms with Crippen molar-refractivity contribution < 1.29 is 0 Å². The summed E-state index contributed by atoms with van der Waals surface area (Å²) in [7, 11) is 2.14.